The van der Waals surface area contributed by atoms with Crippen molar-refractivity contribution in [2.45, 2.75) is 12.2 Å². The molecule has 0 bridgehead atoms. The molecule has 1 saturated heterocycles. The largest absolute Gasteiger partial charge is 0.316 e. The molecular formula is C12H16N2O3S. The first-order chi connectivity index (χ1) is 8.57. The first-order valence-corrected chi connectivity index (χ1v) is 7.51. The number of amides is 1. The Balaban J connectivity index is 1.97. The van der Waals surface area contributed by atoms with Crippen molar-refractivity contribution in [3.63, 3.8) is 0 Å². The van der Waals surface area contributed by atoms with Gasteiger partial charge in [-0.3, -0.25) is 9.52 Å². The Morgan fingerprint density at radius 3 is 2.67 bits per heavy atom. The minimum atomic E-state index is -3.60. The molecule has 1 fully saturated rings. The average Bonchev–Trinajstić information content (AvgIpc) is 2.82. The highest BCUT2D eigenvalue weighted by Crippen LogP contribution is 2.09. The lowest BCUT2D eigenvalue weighted by atomic mass is 10.1. The normalized spacial score (nSPS) is 19.7. The van der Waals surface area contributed by atoms with Gasteiger partial charge in [0.2, 0.25) is 15.9 Å². The van der Waals surface area contributed by atoms with Crippen LogP contribution in [0.3, 0.4) is 0 Å². The molecular weight excluding hydrogens is 252 g/mol. The number of carbonyl (C=O) groups is 1. The summed E-state index contributed by atoms with van der Waals surface area (Å²) in [6, 6.07) is 8.81. The number of nitrogens with one attached hydrogen (secondary N) is 2. The van der Waals surface area contributed by atoms with Crippen LogP contribution in [0.4, 0.5) is 0 Å². The second kappa shape index (κ2) is 5.49. The first kappa shape index (κ1) is 13.0. The SMILES string of the molecule is O=C(NS(=O)(=O)Cc1ccccc1)C1CCNC1. The summed E-state index contributed by atoms with van der Waals surface area (Å²) >= 11 is 0. The monoisotopic (exact) mass is 268 g/mol. The third kappa shape index (κ3) is 3.54. The summed E-state index contributed by atoms with van der Waals surface area (Å²) in [6.45, 7) is 1.31. The smallest absolute Gasteiger partial charge is 0.239 e. The molecule has 1 aromatic rings. The van der Waals surface area contributed by atoms with Crippen LogP contribution in [0, 0.1) is 5.92 Å². The van der Waals surface area contributed by atoms with Crippen molar-refractivity contribution in [3.8, 4) is 0 Å². The zero-order valence-electron chi connectivity index (χ0n) is 9.93. The number of rotatable bonds is 4. The quantitative estimate of drug-likeness (QED) is 0.820. The fourth-order valence-electron chi connectivity index (χ4n) is 1.94. The number of hydrogen-bond donors (Lipinski definition) is 2. The average molecular weight is 268 g/mol. The van der Waals surface area contributed by atoms with E-state index in [1.165, 1.54) is 0 Å². The molecule has 5 nitrogen and oxygen atoms in total. The number of benzene rings is 1. The second-order valence-corrected chi connectivity index (χ2v) is 6.12. The van der Waals surface area contributed by atoms with Crippen LogP contribution in [0.5, 0.6) is 0 Å². The standard InChI is InChI=1S/C12H16N2O3S/c15-12(11-6-7-13-8-11)14-18(16,17)9-10-4-2-1-3-5-10/h1-5,11,13H,6-9H2,(H,14,15). The van der Waals surface area contributed by atoms with Crippen molar-refractivity contribution < 1.29 is 13.2 Å². The van der Waals surface area contributed by atoms with E-state index in [1.807, 2.05) is 6.07 Å². The predicted molar refractivity (Wildman–Crippen MR) is 68.2 cm³/mol. The molecule has 0 aliphatic carbocycles. The summed E-state index contributed by atoms with van der Waals surface area (Å²) in [6.07, 6.45) is 0.687. The van der Waals surface area contributed by atoms with Crippen molar-refractivity contribution in [1.29, 1.82) is 0 Å². The molecule has 98 valence electrons. The summed E-state index contributed by atoms with van der Waals surface area (Å²) in [4.78, 5) is 11.7. The van der Waals surface area contributed by atoms with Crippen molar-refractivity contribution >= 4 is 15.9 Å². The van der Waals surface area contributed by atoms with Crippen LogP contribution in [-0.4, -0.2) is 27.4 Å². The maximum absolute atomic E-state index is 11.8. The van der Waals surface area contributed by atoms with E-state index in [2.05, 4.69) is 10.0 Å². The van der Waals surface area contributed by atoms with Gasteiger partial charge in [0.25, 0.3) is 0 Å². The molecule has 1 unspecified atom stereocenters. The van der Waals surface area contributed by atoms with Gasteiger partial charge in [0.15, 0.2) is 0 Å². The molecule has 2 N–H and O–H groups in total. The summed E-state index contributed by atoms with van der Waals surface area (Å²) in [5.41, 5.74) is 0.669. The van der Waals surface area contributed by atoms with Crippen LogP contribution in [0.15, 0.2) is 30.3 Å². The fraction of sp³-hybridized carbons (Fsp3) is 0.417. The Kier molecular flexibility index (Phi) is 3.98. The topological polar surface area (TPSA) is 75.3 Å². The zero-order chi connectivity index (χ0) is 13.0. The summed E-state index contributed by atoms with van der Waals surface area (Å²) in [7, 11) is -3.60. The molecule has 2 rings (SSSR count). The van der Waals surface area contributed by atoms with Crippen molar-refractivity contribution in [2.24, 2.45) is 5.92 Å². The Labute approximate surface area is 107 Å². The molecule has 1 aliphatic heterocycles. The van der Waals surface area contributed by atoms with E-state index in [1.54, 1.807) is 24.3 Å². The molecule has 1 aliphatic rings. The van der Waals surface area contributed by atoms with Gasteiger partial charge in [-0.1, -0.05) is 30.3 Å². The fourth-order valence-corrected chi connectivity index (χ4v) is 3.12. The van der Waals surface area contributed by atoms with Crippen LogP contribution in [0.2, 0.25) is 0 Å². The van der Waals surface area contributed by atoms with Crippen LogP contribution in [0.1, 0.15) is 12.0 Å². The van der Waals surface area contributed by atoms with Gasteiger partial charge in [-0.05, 0) is 18.5 Å². The number of carbonyl (C=O) groups excluding carboxylic acids is 1. The van der Waals surface area contributed by atoms with Gasteiger partial charge in [-0.15, -0.1) is 0 Å². The van der Waals surface area contributed by atoms with E-state index < -0.39 is 15.9 Å². The number of sulfonamides is 1. The van der Waals surface area contributed by atoms with Crippen molar-refractivity contribution in [3.05, 3.63) is 35.9 Å². The highest BCUT2D eigenvalue weighted by Gasteiger charge is 2.25. The molecule has 1 atom stereocenters. The van der Waals surface area contributed by atoms with Gasteiger partial charge < -0.3 is 5.32 Å². The molecule has 0 radical (unpaired) electrons. The lowest BCUT2D eigenvalue weighted by Crippen LogP contribution is -2.37. The molecule has 6 heteroatoms. The predicted octanol–water partition coefficient (Wildman–Crippen LogP) is 0.242. The van der Waals surface area contributed by atoms with E-state index in [0.717, 1.165) is 6.54 Å². The Morgan fingerprint density at radius 1 is 1.33 bits per heavy atom. The van der Waals surface area contributed by atoms with Gasteiger partial charge in [0, 0.05) is 6.54 Å². The van der Waals surface area contributed by atoms with Gasteiger partial charge >= 0.3 is 0 Å². The molecule has 0 spiro atoms. The minimum Gasteiger partial charge on any atom is -0.316 e. The van der Waals surface area contributed by atoms with Gasteiger partial charge in [-0.25, -0.2) is 8.42 Å². The third-order valence-electron chi connectivity index (χ3n) is 2.89. The van der Waals surface area contributed by atoms with Gasteiger partial charge in [0.1, 0.15) is 0 Å². The maximum atomic E-state index is 11.8. The molecule has 1 heterocycles. The zero-order valence-corrected chi connectivity index (χ0v) is 10.7. The second-order valence-electron chi connectivity index (χ2n) is 4.40. The van der Waals surface area contributed by atoms with Crippen LogP contribution >= 0.6 is 0 Å². The van der Waals surface area contributed by atoms with E-state index in [4.69, 9.17) is 0 Å². The van der Waals surface area contributed by atoms with E-state index in [-0.39, 0.29) is 11.7 Å². The number of hydrogen-bond acceptors (Lipinski definition) is 4. The van der Waals surface area contributed by atoms with E-state index in [0.29, 0.717) is 18.5 Å². The van der Waals surface area contributed by atoms with Gasteiger partial charge in [-0.2, -0.15) is 0 Å². The Bertz CT molecular complexity index is 507. The highest BCUT2D eigenvalue weighted by molar-refractivity contribution is 7.89. The summed E-state index contributed by atoms with van der Waals surface area (Å²) in [5.74, 6) is -0.814. The first-order valence-electron chi connectivity index (χ1n) is 5.86. The minimum absolute atomic E-state index is 0.167. The Morgan fingerprint density at radius 2 is 2.06 bits per heavy atom. The molecule has 0 saturated carbocycles. The van der Waals surface area contributed by atoms with Crippen molar-refractivity contribution in [1.82, 2.24) is 10.0 Å². The van der Waals surface area contributed by atoms with Crippen LogP contribution < -0.4 is 10.0 Å². The molecule has 0 aromatic heterocycles. The van der Waals surface area contributed by atoms with Gasteiger partial charge in [0.05, 0.1) is 11.7 Å². The highest BCUT2D eigenvalue weighted by atomic mass is 32.2. The van der Waals surface area contributed by atoms with Crippen molar-refractivity contribution in [2.75, 3.05) is 13.1 Å². The van der Waals surface area contributed by atoms with E-state index in [9.17, 15) is 13.2 Å². The maximum Gasteiger partial charge on any atom is 0.239 e. The third-order valence-corrected chi connectivity index (χ3v) is 4.11. The lowest BCUT2D eigenvalue weighted by molar-refractivity contribution is -0.122. The van der Waals surface area contributed by atoms with Crippen LogP contribution in [0.25, 0.3) is 0 Å². The summed E-state index contributed by atoms with van der Waals surface area (Å²) in [5, 5.41) is 3.03. The summed E-state index contributed by atoms with van der Waals surface area (Å²) < 4.78 is 25.8. The van der Waals surface area contributed by atoms with E-state index >= 15 is 0 Å². The molecule has 1 amide bonds. The van der Waals surface area contributed by atoms with Crippen LogP contribution in [-0.2, 0) is 20.6 Å². The molecule has 18 heavy (non-hydrogen) atoms. The molecule has 1 aromatic carbocycles. The lowest BCUT2D eigenvalue weighted by Gasteiger charge is -2.10. The Hall–Kier alpha value is -1.40.